The fourth-order valence-electron chi connectivity index (χ4n) is 4.07. The van der Waals surface area contributed by atoms with Gasteiger partial charge in [0.1, 0.15) is 0 Å². The van der Waals surface area contributed by atoms with Crippen LogP contribution in [-0.4, -0.2) is 68.6 Å². The number of benzene rings is 2. The van der Waals surface area contributed by atoms with Crippen molar-refractivity contribution in [2.45, 2.75) is 12.8 Å². The normalized spacial score (nSPS) is 18.4. The van der Waals surface area contributed by atoms with Gasteiger partial charge in [-0.15, -0.1) is 0 Å². The minimum absolute atomic E-state index is 0.129. The van der Waals surface area contributed by atoms with Crippen molar-refractivity contribution in [3.63, 3.8) is 0 Å². The molecule has 0 radical (unpaired) electrons. The summed E-state index contributed by atoms with van der Waals surface area (Å²) in [4.78, 5) is 22.2. The molecule has 2 heterocycles. The molecule has 2 aromatic rings. The Hall–Kier alpha value is -2.37. The number of nitrogens with zero attached hydrogens (tertiary/aromatic N) is 4. The molecule has 0 aromatic heterocycles. The minimum Gasteiger partial charge on any atom is -0.372 e. The van der Waals surface area contributed by atoms with Gasteiger partial charge in [0.25, 0.3) is 0 Å². The molecule has 0 saturated carbocycles. The molecule has 4 rings (SSSR count). The SMILES string of the molecule is CN1CCN(CC(=O)N(c2ccccc2)c2ccc(N3CCCC3)cc2)CC1. The second-order valence-electron chi connectivity index (χ2n) is 7.85. The van der Waals surface area contributed by atoms with Gasteiger partial charge < -0.3 is 9.80 Å². The van der Waals surface area contributed by atoms with Crippen molar-refractivity contribution >= 4 is 23.0 Å². The third-order valence-corrected chi connectivity index (χ3v) is 5.80. The van der Waals surface area contributed by atoms with Crippen molar-refractivity contribution in [3.8, 4) is 0 Å². The van der Waals surface area contributed by atoms with Crippen LogP contribution in [0.2, 0.25) is 0 Å². The highest BCUT2D eigenvalue weighted by Gasteiger charge is 2.23. The van der Waals surface area contributed by atoms with Crippen LogP contribution in [0.1, 0.15) is 12.8 Å². The smallest absolute Gasteiger partial charge is 0.245 e. The molecule has 0 atom stereocenters. The number of amides is 1. The van der Waals surface area contributed by atoms with Crippen LogP contribution < -0.4 is 9.80 Å². The van der Waals surface area contributed by atoms with Gasteiger partial charge in [-0.3, -0.25) is 14.6 Å². The molecule has 2 aromatic carbocycles. The Balaban J connectivity index is 1.54. The number of likely N-dealkylation sites (N-methyl/N-ethyl adjacent to an activating group) is 1. The van der Waals surface area contributed by atoms with Gasteiger partial charge >= 0.3 is 0 Å². The second-order valence-corrected chi connectivity index (χ2v) is 7.85. The van der Waals surface area contributed by atoms with Crippen LogP contribution in [0.3, 0.4) is 0 Å². The van der Waals surface area contributed by atoms with Crippen LogP contribution in [0.4, 0.5) is 17.1 Å². The zero-order chi connectivity index (χ0) is 19.3. The van der Waals surface area contributed by atoms with E-state index in [1.165, 1.54) is 18.5 Å². The van der Waals surface area contributed by atoms with E-state index >= 15 is 0 Å². The van der Waals surface area contributed by atoms with Gasteiger partial charge in [0.05, 0.1) is 6.54 Å². The first-order chi connectivity index (χ1) is 13.7. The van der Waals surface area contributed by atoms with Gasteiger partial charge in [0.2, 0.25) is 5.91 Å². The number of carbonyl (C=O) groups is 1. The quantitative estimate of drug-likeness (QED) is 0.799. The van der Waals surface area contributed by atoms with E-state index in [0.717, 1.165) is 50.6 Å². The molecular formula is C23H30N4O. The van der Waals surface area contributed by atoms with E-state index in [1.54, 1.807) is 0 Å². The molecule has 2 aliphatic heterocycles. The molecular weight excluding hydrogens is 348 g/mol. The van der Waals surface area contributed by atoms with Gasteiger partial charge in [-0.1, -0.05) is 18.2 Å². The van der Waals surface area contributed by atoms with Crippen LogP contribution in [0.25, 0.3) is 0 Å². The Bertz CT molecular complexity index is 763. The summed E-state index contributed by atoms with van der Waals surface area (Å²) in [6.07, 6.45) is 2.53. The van der Waals surface area contributed by atoms with Crippen molar-refractivity contribution in [2.75, 3.05) is 62.7 Å². The van der Waals surface area contributed by atoms with Crippen LogP contribution in [0, 0.1) is 0 Å². The fourth-order valence-corrected chi connectivity index (χ4v) is 4.07. The van der Waals surface area contributed by atoms with Crippen molar-refractivity contribution in [1.29, 1.82) is 0 Å². The van der Waals surface area contributed by atoms with Crippen LogP contribution in [-0.2, 0) is 4.79 Å². The predicted molar refractivity (Wildman–Crippen MR) is 115 cm³/mol. The Labute approximate surface area is 168 Å². The number of hydrogen-bond donors (Lipinski definition) is 0. The summed E-state index contributed by atoms with van der Waals surface area (Å²) in [5.41, 5.74) is 3.12. The van der Waals surface area contributed by atoms with Crippen LogP contribution in [0.5, 0.6) is 0 Å². The maximum absolute atomic E-state index is 13.3. The first kappa shape index (κ1) is 19.0. The lowest BCUT2D eigenvalue weighted by Crippen LogP contribution is -2.48. The number of piperazine rings is 1. The van der Waals surface area contributed by atoms with Gasteiger partial charge in [-0.05, 0) is 56.3 Å². The van der Waals surface area contributed by atoms with Gasteiger partial charge in [0.15, 0.2) is 0 Å². The summed E-state index contributed by atoms with van der Waals surface area (Å²) < 4.78 is 0. The van der Waals surface area contributed by atoms with Crippen molar-refractivity contribution in [1.82, 2.24) is 9.80 Å². The van der Waals surface area contributed by atoms with Crippen LogP contribution in [0.15, 0.2) is 54.6 Å². The third-order valence-electron chi connectivity index (χ3n) is 5.80. The molecule has 2 aliphatic rings. The van der Waals surface area contributed by atoms with E-state index in [4.69, 9.17) is 0 Å². The number of anilines is 3. The van der Waals surface area contributed by atoms with E-state index < -0.39 is 0 Å². The molecule has 0 aliphatic carbocycles. The van der Waals surface area contributed by atoms with E-state index in [-0.39, 0.29) is 5.91 Å². The van der Waals surface area contributed by atoms with Gasteiger partial charge in [0, 0.05) is 56.3 Å². The molecule has 28 heavy (non-hydrogen) atoms. The zero-order valence-corrected chi connectivity index (χ0v) is 16.8. The van der Waals surface area contributed by atoms with Crippen molar-refractivity contribution in [2.24, 2.45) is 0 Å². The Morgan fingerprint density at radius 1 is 0.821 bits per heavy atom. The molecule has 0 spiro atoms. The molecule has 2 fully saturated rings. The van der Waals surface area contributed by atoms with Crippen molar-refractivity contribution < 1.29 is 4.79 Å². The summed E-state index contributed by atoms with van der Waals surface area (Å²) in [5, 5.41) is 0. The minimum atomic E-state index is 0.129. The topological polar surface area (TPSA) is 30.0 Å². The number of rotatable bonds is 5. The summed E-state index contributed by atoms with van der Waals surface area (Å²) in [7, 11) is 2.14. The molecule has 0 unspecified atom stereocenters. The van der Waals surface area contributed by atoms with E-state index in [1.807, 2.05) is 35.2 Å². The lowest BCUT2D eigenvalue weighted by atomic mass is 10.2. The highest BCUT2D eigenvalue weighted by atomic mass is 16.2. The van der Waals surface area contributed by atoms with Gasteiger partial charge in [-0.25, -0.2) is 0 Å². The second kappa shape index (κ2) is 8.76. The van der Waals surface area contributed by atoms with E-state index in [0.29, 0.717) is 6.54 Å². The molecule has 0 N–H and O–H groups in total. The highest BCUT2D eigenvalue weighted by Crippen LogP contribution is 2.29. The molecule has 0 bridgehead atoms. The largest absolute Gasteiger partial charge is 0.372 e. The Kier molecular flexibility index (Phi) is 5.93. The van der Waals surface area contributed by atoms with Crippen molar-refractivity contribution in [3.05, 3.63) is 54.6 Å². The van der Waals surface area contributed by atoms with E-state index in [9.17, 15) is 4.79 Å². The average Bonchev–Trinajstić information content (AvgIpc) is 3.26. The number of carbonyl (C=O) groups excluding carboxylic acids is 1. The van der Waals surface area contributed by atoms with Crippen LogP contribution >= 0.6 is 0 Å². The zero-order valence-electron chi connectivity index (χ0n) is 16.8. The summed E-state index contributed by atoms with van der Waals surface area (Å²) in [6.45, 7) is 6.63. The fraction of sp³-hybridized carbons (Fsp3) is 0.435. The summed E-state index contributed by atoms with van der Waals surface area (Å²) in [6, 6.07) is 18.5. The first-order valence-electron chi connectivity index (χ1n) is 10.3. The Morgan fingerprint density at radius 2 is 1.43 bits per heavy atom. The maximum atomic E-state index is 13.3. The molecule has 1 amide bonds. The average molecular weight is 379 g/mol. The lowest BCUT2D eigenvalue weighted by molar-refractivity contribution is -0.119. The molecule has 5 heteroatoms. The predicted octanol–water partition coefficient (Wildman–Crippen LogP) is 3.20. The number of hydrogen-bond acceptors (Lipinski definition) is 4. The molecule has 5 nitrogen and oxygen atoms in total. The lowest BCUT2D eigenvalue weighted by Gasteiger charge is -2.33. The Morgan fingerprint density at radius 3 is 2.07 bits per heavy atom. The monoisotopic (exact) mass is 378 g/mol. The summed E-state index contributed by atoms with van der Waals surface area (Å²) >= 11 is 0. The molecule has 2 saturated heterocycles. The number of para-hydroxylation sites is 1. The highest BCUT2D eigenvalue weighted by molar-refractivity contribution is 6.01. The maximum Gasteiger partial charge on any atom is 0.245 e. The molecule has 148 valence electrons. The first-order valence-corrected chi connectivity index (χ1v) is 10.3. The van der Waals surface area contributed by atoms with E-state index in [2.05, 4.69) is 46.0 Å². The standard InChI is InChI=1S/C23H30N4O/c1-24-15-17-25(18-16-24)19-23(28)27(21-7-3-2-4-8-21)22-11-9-20(10-12-22)26-13-5-6-14-26/h2-4,7-12H,5-6,13-19H2,1H3. The summed E-state index contributed by atoms with van der Waals surface area (Å²) in [5.74, 6) is 0.129. The van der Waals surface area contributed by atoms with Gasteiger partial charge in [-0.2, -0.15) is 0 Å². The third kappa shape index (κ3) is 4.37.